The van der Waals surface area contributed by atoms with Crippen molar-refractivity contribution in [1.82, 2.24) is 15.5 Å². The summed E-state index contributed by atoms with van der Waals surface area (Å²) in [5, 5.41) is 20.9. The summed E-state index contributed by atoms with van der Waals surface area (Å²) in [4.78, 5) is 12.4. The van der Waals surface area contributed by atoms with Crippen LogP contribution in [0.1, 0.15) is 12.8 Å². The van der Waals surface area contributed by atoms with Crippen molar-refractivity contribution < 1.29 is 9.90 Å². The van der Waals surface area contributed by atoms with Crippen molar-refractivity contribution in [3.63, 3.8) is 0 Å². The second kappa shape index (κ2) is 5.18. The second-order valence-electron chi connectivity index (χ2n) is 3.91. The molecule has 0 atom stereocenters. The minimum absolute atomic E-state index is 0.0310. The third kappa shape index (κ3) is 3.20. The first-order valence-corrected chi connectivity index (χ1v) is 5.74. The number of anilines is 1. The molecule has 0 aromatic carbocycles. The number of aromatic nitrogens is 2. The Morgan fingerprint density at radius 2 is 2.12 bits per heavy atom. The number of carboxylic acid groups (broad SMARTS) is 1. The number of halogens is 1. The van der Waals surface area contributed by atoms with Crippen LogP contribution in [-0.4, -0.2) is 35.4 Å². The molecule has 1 aliphatic rings. The van der Waals surface area contributed by atoms with Gasteiger partial charge >= 0.3 is 0 Å². The molecule has 2 heterocycles. The van der Waals surface area contributed by atoms with Crippen LogP contribution in [0.3, 0.4) is 0 Å². The SMILES string of the molecule is O=C([O-])NC1CCN(c2ccc(Cl)nn2)CC1. The highest BCUT2D eigenvalue weighted by Gasteiger charge is 2.19. The zero-order valence-corrected chi connectivity index (χ0v) is 9.85. The quantitative estimate of drug-likeness (QED) is 0.807. The minimum atomic E-state index is -1.21. The standard InChI is InChI=1S/C10H13ClN4O2/c11-8-1-2-9(14-13-8)15-5-3-7(4-6-15)12-10(16)17/h1-2,7,12H,3-6H2,(H,16,17)/p-1. The van der Waals surface area contributed by atoms with Gasteiger partial charge in [0.05, 0.1) is 0 Å². The van der Waals surface area contributed by atoms with Gasteiger partial charge in [-0.15, -0.1) is 10.2 Å². The molecule has 7 heteroatoms. The average Bonchev–Trinajstić information content (AvgIpc) is 2.30. The fourth-order valence-corrected chi connectivity index (χ4v) is 2.00. The van der Waals surface area contributed by atoms with E-state index in [2.05, 4.69) is 20.4 Å². The molecule has 0 radical (unpaired) electrons. The van der Waals surface area contributed by atoms with E-state index < -0.39 is 6.09 Å². The number of nitrogens with one attached hydrogen (secondary N) is 1. The third-order valence-corrected chi connectivity index (χ3v) is 2.96. The molecule has 1 N–H and O–H groups in total. The first-order chi connectivity index (χ1) is 8.15. The summed E-state index contributed by atoms with van der Waals surface area (Å²) in [6.07, 6.45) is 0.256. The van der Waals surface area contributed by atoms with Crippen molar-refractivity contribution in [2.45, 2.75) is 18.9 Å². The number of amides is 1. The fourth-order valence-electron chi connectivity index (χ4n) is 1.90. The lowest BCUT2D eigenvalue weighted by molar-refractivity contribution is -0.251. The van der Waals surface area contributed by atoms with Crippen LogP contribution in [-0.2, 0) is 0 Å². The lowest BCUT2D eigenvalue weighted by Gasteiger charge is -2.33. The first kappa shape index (κ1) is 11.9. The number of carbonyl (C=O) groups is 1. The van der Waals surface area contributed by atoms with Gasteiger partial charge in [0.25, 0.3) is 0 Å². The van der Waals surface area contributed by atoms with E-state index in [1.54, 1.807) is 6.07 Å². The van der Waals surface area contributed by atoms with E-state index in [1.165, 1.54) is 0 Å². The van der Waals surface area contributed by atoms with Crippen molar-refractivity contribution in [2.75, 3.05) is 18.0 Å². The van der Waals surface area contributed by atoms with Gasteiger partial charge in [-0.1, -0.05) is 11.6 Å². The van der Waals surface area contributed by atoms with Crippen LogP contribution in [0.2, 0.25) is 5.15 Å². The molecule has 92 valence electrons. The van der Waals surface area contributed by atoms with E-state index >= 15 is 0 Å². The van der Waals surface area contributed by atoms with Crippen molar-refractivity contribution in [3.05, 3.63) is 17.3 Å². The van der Waals surface area contributed by atoms with E-state index in [0.29, 0.717) is 5.15 Å². The fraction of sp³-hybridized carbons (Fsp3) is 0.500. The number of hydrogen-bond acceptors (Lipinski definition) is 5. The number of piperidine rings is 1. The molecule has 0 aliphatic carbocycles. The van der Waals surface area contributed by atoms with Gasteiger partial charge in [-0.2, -0.15) is 0 Å². The zero-order valence-electron chi connectivity index (χ0n) is 9.10. The number of hydrogen-bond donors (Lipinski definition) is 1. The van der Waals surface area contributed by atoms with E-state index in [9.17, 15) is 9.90 Å². The first-order valence-electron chi connectivity index (χ1n) is 5.37. The smallest absolute Gasteiger partial charge is 0.151 e. The maximum Gasteiger partial charge on any atom is 0.151 e. The molecule has 6 nitrogen and oxygen atoms in total. The molecule has 0 spiro atoms. The highest BCUT2D eigenvalue weighted by molar-refractivity contribution is 6.29. The highest BCUT2D eigenvalue weighted by atomic mass is 35.5. The van der Waals surface area contributed by atoms with Gasteiger partial charge in [-0.3, -0.25) is 0 Å². The predicted molar refractivity (Wildman–Crippen MR) is 60.8 cm³/mol. The monoisotopic (exact) mass is 255 g/mol. The molecular weight excluding hydrogens is 244 g/mol. The Bertz CT molecular complexity index is 390. The van der Waals surface area contributed by atoms with E-state index in [1.807, 2.05) is 6.07 Å². The molecule has 1 fully saturated rings. The summed E-state index contributed by atoms with van der Waals surface area (Å²) in [5.41, 5.74) is 0. The normalized spacial score (nSPS) is 16.9. The van der Waals surface area contributed by atoms with E-state index in [0.717, 1.165) is 31.7 Å². The Morgan fingerprint density at radius 3 is 2.65 bits per heavy atom. The molecule has 2 rings (SSSR count). The molecule has 0 saturated carbocycles. The van der Waals surface area contributed by atoms with Gasteiger partial charge in [0.2, 0.25) is 0 Å². The Labute approximate surface area is 104 Å². The number of nitrogens with zero attached hydrogens (tertiary/aromatic N) is 3. The lowest BCUT2D eigenvalue weighted by atomic mass is 10.1. The van der Waals surface area contributed by atoms with E-state index in [-0.39, 0.29) is 6.04 Å². The molecule has 1 aromatic rings. The molecule has 1 amide bonds. The molecule has 1 saturated heterocycles. The maximum atomic E-state index is 10.4. The maximum absolute atomic E-state index is 10.4. The lowest BCUT2D eigenvalue weighted by Crippen LogP contribution is -2.48. The summed E-state index contributed by atoms with van der Waals surface area (Å²) < 4.78 is 0. The Hall–Kier alpha value is -1.56. The summed E-state index contributed by atoms with van der Waals surface area (Å²) in [6.45, 7) is 1.47. The Morgan fingerprint density at radius 1 is 1.41 bits per heavy atom. The average molecular weight is 256 g/mol. The van der Waals surface area contributed by atoms with Crippen LogP contribution in [0.5, 0.6) is 0 Å². The topological polar surface area (TPSA) is 81.2 Å². The molecule has 1 aliphatic heterocycles. The molecule has 1 aromatic heterocycles. The Balaban J connectivity index is 1.90. The zero-order chi connectivity index (χ0) is 12.3. The van der Waals surface area contributed by atoms with E-state index in [4.69, 9.17) is 11.6 Å². The summed E-state index contributed by atoms with van der Waals surface area (Å²) in [7, 11) is 0. The van der Waals surface area contributed by atoms with Crippen LogP contribution < -0.4 is 15.3 Å². The second-order valence-corrected chi connectivity index (χ2v) is 4.29. The van der Waals surface area contributed by atoms with Gasteiger partial charge in [-0.25, -0.2) is 0 Å². The number of carbonyl (C=O) groups excluding carboxylic acids is 1. The number of rotatable bonds is 2. The summed E-state index contributed by atoms with van der Waals surface area (Å²) >= 11 is 5.66. The van der Waals surface area contributed by atoms with Crippen molar-refractivity contribution in [3.8, 4) is 0 Å². The summed E-state index contributed by atoms with van der Waals surface area (Å²) in [5.74, 6) is 0.765. The van der Waals surface area contributed by atoms with Gasteiger partial charge in [0, 0.05) is 19.1 Å². The molecular formula is C10H12ClN4O2-. The predicted octanol–water partition coefficient (Wildman–Crippen LogP) is 0.0317. The summed E-state index contributed by atoms with van der Waals surface area (Å²) in [6, 6.07) is 3.47. The molecule has 0 bridgehead atoms. The van der Waals surface area contributed by atoms with Crippen molar-refractivity contribution in [1.29, 1.82) is 0 Å². The largest absolute Gasteiger partial charge is 0.530 e. The minimum Gasteiger partial charge on any atom is -0.530 e. The van der Waals surface area contributed by atoms with Crippen molar-refractivity contribution >= 4 is 23.5 Å². The third-order valence-electron chi connectivity index (χ3n) is 2.76. The Kier molecular flexibility index (Phi) is 3.63. The van der Waals surface area contributed by atoms with Crippen LogP contribution >= 0.6 is 11.6 Å². The van der Waals surface area contributed by atoms with Gasteiger partial charge in [0.15, 0.2) is 11.0 Å². The van der Waals surface area contributed by atoms with Crippen LogP contribution in [0.4, 0.5) is 10.6 Å². The van der Waals surface area contributed by atoms with Crippen LogP contribution in [0.25, 0.3) is 0 Å². The molecule has 17 heavy (non-hydrogen) atoms. The van der Waals surface area contributed by atoms with Crippen molar-refractivity contribution in [2.24, 2.45) is 0 Å². The van der Waals surface area contributed by atoms with Crippen LogP contribution in [0, 0.1) is 0 Å². The highest BCUT2D eigenvalue weighted by Crippen LogP contribution is 2.17. The van der Waals surface area contributed by atoms with Gasteiger partial charge in [-0.05, 0) is 25.0 Å². The molecule has 0 unspecified atom stereocenters. The van der Waals surface area contributed by atoms with Gasteiger partial charge < -0.3 is 20.1 Å². The van der Waals surface area contributed by atoms with Crippen LogP contribution in [0.15, 0.2) is 12.1 Å². The van der Waals surface area contributed by atoms with Gasteiger partial charge in [0.1, 0.15) is 6.09 Å².